The van der Waals surface area contributed by atoms with Gasteiger partial charge in [0.2, 0.25) is 11.2 Å². The minimum absolute atomic E-state index is 0.0779. The third kappa shape index (κ3) is 6.84. The van der Waals surface area contributed by atoms with E-state index in [1.54, 1.807) is 77.7 Å². The fraction of sp³-hybridized carbons (Fsp3) is 0.256. The highest BCUT2D eigenvalue weighted by Gasteiger charge is 2.40. The Labute approximate surface area is 288 Å². The summed E-state index contributed by atoms with van der Waals surface area (Å²) in [7, 11) is 1.54. The standard InChI is InChI=1S/C39H39N3O8/c1-50-34-21-26(10-11-27(34)22-40-23-33(44)30-12-14-32(43)36-31(30)13-15-35(45)41-36)37(46)42-18-16-24(17-19-42)25-6-5-9-29(20-25)39(49,38(47)48)28-7-3-2-4-8-28/h2-15,20-21,24,33,40,43-44,49H,16-19,22-23H2,1H3,(H,41,45)(H,47,48)/t33-,39-/m0/s1. The predicted molar refractivity (Wildman–Crippen MR) is 187 cm³/mol. The van der Waals surface area contributed by atoms with Crippen molar-refractivity contribution in [1.29, 1.82) is 0 Å². The molecule has 1 aliphatic rings. The molecular formula is C39H39N3O8. The van der Waals surface area contributed by atoms with Crippen LogP contribution in [0.1, 0.15) is 63.0 Å². The number of amides is 1. The molecule has 11 heteroatoms. The molecule has 50 heavy (non-hydrogen) atoms. The Balaban J connectivity index is 1.08. The van der Waals surface area contributed by atoms with Crippen molar-refractivity contribution in [3.05, 3.63) is 141 Å². The summed E-state index contributed by atoms with van der Waals surface area (Å²) in [5.74, 6) is -0.925. The number of carbonyl (C=O) groups is 2. The molecule has 6 N–H and O–H groups in total. The van der Waals surface area contributed by atoms with E-state index in [-0.39, 0.29) is 46.3 Å². The molecule has 0 radical (unpaired) electrons. The van der Waals surface area contributed by atoms with Gasteiger partial charge in [0, 0.05) is 48.8 Å². The van der Waals surface area contributed by atoms with Crippen molar-refractivity contribution in [2.24, 2.45) is 0 Å². The van der Waals surface area contributed by atoms with E-state index in [0.29, 0.717) is 54.7 Å². The van der Waals surface area contributed by atoms with Crippen LogP contribution in [0, 0.1) is 0 Å². The molecular weight excluding hydrogens is 638 g/mol. The number of aliphatic hydroxyl groups excluding tert-OH is 1. The number of aromatic nitrogens is 1. The lowest BCUT2D eigenvalue weighted by atomic mass is 9.82. The highest BCUT2D eigenvalue weighted by atomic mass is 16.5. The number of nitrogens with one attached hydrogen (secondary N) is 2. The van der Waals surface area contributed by atoms with Crippen LogP contribution in [-0.4, -0.2) is 68.9 Å². The topological polar surface area (TPSA) is 172 Å². The zero-order chi connectivity index (χ0) is 35.4. The number of aliphatic hydroxyl groups is 2. The molecule has 6 rings (SSSR count). The highest BCUT2D eigenvalue weighted by molar-refractivity contribution is 5.95. The first-order chi connectivity index (χ1) is 24.1. The van der Waals surface area contributed by atoms with Gasteiger partial charge in [-0.25, -0.2) is 4.79 Å². The molecule has 0 bridgehead atoms. The van der Waals surface area contributed by atoms with Crippen LogP contribution in [-0.2, 0) is 16.9 Å². The maximum Gasteiger partial charge on any atom is 0.345 e. The van der Waals surface area contributed by atoms with Gasteiger partial charge in [-0.1, -0.05) is 66.7 Å². The molecule has 11 nitrogen and oxygen atoms in total. The first-order valence-electron chi connectivity index (χ1n) is 16.4. The first kappa shape index (κ1) is 34.4. The number of aliphatic carboxylic acids is 1. The van der Waals surface area contributed by atoms with Crippen LogP contribution >= 0.6 is 0 Å². The number of pyridine rings is 1. The van der Waals surface area contributed by atoms with E-state index in [1.165, 1.54) is 19.2 Å². The summed E-state index contributed by atoms with van der Waals surface area (Å²) >= 11 is 0. The SMILES string of the molecule is COc1cc(C(=O)N2CCC(c3cccc([C@](O)(C(=O)O)c4ccccc4)c3)CC2)ccc1CNC[C@H](O)c1ccc(O)c2[nH]c(=O)ccc12. The molecule has 1 aromatic heterocycles. The third-order valence-corrected chi connectivity index (χ3v) is 9.51. The van der Waals surface area contributed by atoms with Gasteiger partial charge in [-0.15, -0.1) is 0 Å². The number of carboxylic acid groups (broad SMARTS) is 1. The van der Waals surface area contributed by atoms with Crippen LogP contribution < -0.4 is 15.6 Å². The molecule has 1 saturated heterocycles. The number of phenols is 1. The van der Waals surface area contributed by atoms with Crippen molar-refractivity contribution >= 4 is 22.8 Å². The van der Waals surface area contributed by atoms with Gasteiger partial charge in [0.05, 0.1) is 18.7 Å². The monoisotopic (exact) mass is 677 g/mol. The first-order valence-corrected chi connectivity index (χ1v) is 16.4. The average molecular weight is 678 g/mol. The second-order valence-electron chi connectivity index (χ2n) is 12.5. The van der Waals surface area contributed by atoms with Gasteiger partial charge < -0.3 is 40.4 Å². The maximum absolute atomic E-state index is 13.5. The van der Waals surface area contributed by atoms with Crippen molar-refractivity contribution in [2.45, 2.75) is 37.0 Å². The normalized spacial score (nSPS) is 15.4. The van der Waals surface area contributed by atoms with Gasteiger partial charge in [-0.05, 0) is 65.3 Å². The molecule has 1 amide bonds. The third-order valence-electron chi connectivity index (χ3n) is 9.51. The number of hydrogen-bond acceptors (Lipinski definition) is 8. The maximum atomic E-state index is 13.5. The number of ether oxygens (including phenoxy) is 1. The summed E-state index contributed by atoms with van der Waals surface area (Å²) in [5.41, 5.74) is 1.06. The number of piperidine rings is 1. The number of aromatic hydroxyl groups is 1. The van der Waals surface area contributed by atoms with Crippen LogP contribution in [0.15, 0.2) is 102 Å². The smallest absolute Gasteiger partial charge is 0.345 e. The Hall–Kier alpha value is -5.49. The molecule has 2 atom stereocenters. The summed E-state index contributed by atoms with van der Waals surface area (Å²) < 4.78 is 5.61. The molecule has 0 unspecified atom stereocenters. The van der Waals surface area contributed by atoms with Gasteiger partial charge in [0.15, 0.2) is 0 Å². The van der Waals surface area contributed by atoms with Crippen LogP contribution in [0.5, 0.6) is 11.5 Å². The molecule has 2 heterocycles. The summed E-state index contributed by atoms with van der Waals surface area (Å²) in [6, 6.07) is 26.7. The fourth-order valence-corrected chi connectivity index (χ4v) is 6.74. The molecule has 0 spiro atoms. The van der Waals surface area contributed by atoms with Crippen molar-refractivity contribution < 1.29 is 34.8 Å². The number of aromatic amines is 1. The van der Waals surface area contributed by atoms with Crippen molar-refractivity contribution in [2.75, 3.05) is 26.7 Å². The van der Waals surface area contributed by atoms with E-state index in [0.717, 1.165) is 11.1 Å². The van der Waals surface area contributed by atoms with Gasteiger partial charge in [0.1, 0.15) is 11.5 Å². The minimum atomic E-state index is -2.18. The number of benzene rings is 4. The number of carboxylic acids is 1. The molecule has 1 fully saturated rings. The zero-order valence-corrected chi connectivity index (χ0v) is 27.5. The van der Waals surface area contributed by atoms with Gasteiger partial charge in [0.25, 0.3) is 5.91 Å². The number of H-pyrrole nitrogens is 1. The zero-order valence-electron chi connectivity index (χ0n) is 27.5. The van der Waals surface area contributed by atoms with Gasteiger partial charge in [-0.2, -0.15) is 0 Å². The molecule has 4 aromatic carbocycles. The second-order valence-corrected chi connectivity index (χ2v) is 12.5. The lowest BCUT2D eigenvalue weighted by Gasteiger charge is -2.33. The number of likely N-dealkylation sites (tertiary alicyclic amines) is 1. The number of fused-ring (bicyclic) bond motifs is 1. The number of nitrogens with zero attached hydrogens (tertiary/aromatic N) is 1. The van der Waals surface area contributed by atoms with Crippen LogP contribution in [0.25, 0.3) is 10.9 Å². The van der Waals surface area contributed by atoms with Crippen molar-refractivity contribution in [1.82, 2.24) is 15.2 Å². The van der Waals surface area contributed by atoms with Crippen LogP contribution in [0.2, 0.25) is 0 Å². The van der Waals surface area contributed by atoms with E-state index in [2.05, 4.69) is 10.3 Å². The molecule has 258 valence electrons. The number of methoxy groups -OCH3 is 1. The van der Waals surface area contributed by atoms with E-state index >= 15 is 0 Å². The number of carbonyl (C=O) groups excluding carboxylic acids is 1. The summed E-state index contributed by atoms with van der Waals surface area (Å²) in [4.78, 5) is 41.9. The van der Waals surface area contributed by atoms with Crippen LogP contribution in [0.4, 0.5) is 0 Å². The number of hydrogen-bond donors (Lipinski definition) is 6. The van der Waals surface area contributed by atoms with Crippen molar-refractivity contribution in [3.8, 4) is 11.5 Å². The van der Waals surface area contributed by atoms with E-state index in [4.69, 9.17) is 4.74 Å². The Morgan fingerprint density at radius 2 is 1.70 bits per heavy atom. The fourth-order valence-electron chi connectivity index (χ4n) is 6.74. The summed E-state index contributed by atoms with van der Waals surface area (Å²) in [6.45, 7) is 1.56. The highest BCUT2D eigenvalue weighted by Crippen LogP contribution is 2.35. The molecule has 0 aliphatic carbocycles. The molecule has 0 saturated carbocycles. The quantitative estimate of drug-likeness (QED) is 0.119. The predicted octanol–water partition coefficient (Wildman–Crippen LogP) is 4.41. The molecule has 1 aliphatic heterocycles. The Morgan fingerprint density at radius 3 is 2.42 bits per heavy atom. The second kappa shape index (κ2) is 14.6. The minimum Gasteiger partial charge on any atom is -0.506 e. The van der Waals surface area contributed by atoms with Crippen molar-refractivity contribution in [3.63, 3.8) is 0 Å². The Bertz CT molecular complexity index is 2070. The summed E-state index contributed by atoms with van der Waals surface area (Å²) in [6.07, 6.45) is 0.438. The van der Waals surface area contributed by atoms with Crippen LogP contribution in [0.3, 0.4) is 0 Å². The lowest BCUT2D eigenvalue weighted by molar-refractivity contribution is -0.155. The number of phenolic OH excluding ortho intramolecular Hbond substituents is 1. The Morgan fingerprint density at radius 1 is 0.960 bits per heavy atom. The summed E-state index contributed by atoms with van der Waals surface area (Å²) in [5, 5.41) is 46.2. The van der Waals surface area contributed by atoms with E-state index in [1.807, 2.05) is 12.1 Å². The largest absolute Gasteiger partial charge is 0.506 e. The van der Waals surface area contributed by atoms with Gasteiger partial charge >= 0.3 is 5.97 Å². The van der Waals surface area contributed by atoms with E-state index in [9.17, 15) is 34.8 Å². The van der Waals surface area contributed by atoms with Gasteiger partial charge in [-0.3, -0.25) is 9.59 Å². The van der Waals surface area contributed by atoms with E-state index < -0.39 is 17.7 Å². The average Bonchev–Trinajstić information content (AvgIpc) is 3.15. The lowest BCUT2D eigenvalue weighted by Crippen LogP contribution is -2.38. The number of rotatable bonds is 11. The molecule has 5 aromatic rings. The Kier molecular flexibility index (Phi) is 10.0.